The molecule has 0 aromatic carbocycles. The van der Waals surface area contributed by atoms with Crippen molar-refractivity contribution in [2.45, 2.75) is 0 Å². The monoisotopic (exact) mass is 194 g/mol. The highest BCUT2D eigenvalue weighted by atomic mass is 19.0. The first-order chi connectivity index (χ1) is 5.79. The van der Waals surface area contributed by atoms with Crippen LogP contribution in [-0.4, -0.2) is 19.4 Å². The summed E-state index contributed by atoms with van der Waals surface area (Å²) in [7, 11) is 0. The molecule has 1 aromatic heterocycles. The Bertz CT molecular complexity index is 265. The van der Waals surface area contributed by atoms with Crippen molar-refractivity contribution in [2.75, 3.05) is 13.2 Å². The molecule has 0 bridgehead atoms. The normalized spacial score (nSPS) is 13.1. The zero-order valence-electron chi connectivity index (χ0n) is 6.43. The first-order valence-electron chi connectivity index (χ1n) is 3.11. The van der Waals surface area contributed by atoms with Crippen LogP contribution in [0.5, 0.6) is 0 Å². The lowest BCUT2D eigenvalue weighted by atomic mass is 10.8. The van der Waals surface area contributed by atoms with Crippen molar-refractivity contribution in [3.63, 3.8) is 0 Å². The molecule has 0 aliphatic carbocycles. The highest BCUT2D eigenvalue weighted by molar-refractivity contribution is 5.61. The summed E-state index contributed by atoms with van der Waals surface area (Å²) in [5.74, 6) is -0.657. The van der Waals surface area contributed by atoms with Gasteiger partial charge >= 0.3 is 12.0 Å². The third kappa shape index (κ3) is 4.62. The maximum atomic E-state index is 9.80. The van der Waals surface area contributed by atoms with Gasteiger partial charge in [-0.25, -0.2) is 9.59 Å². The summed E-state index contributed by atoms with van der Waals surface area (Å²) in [6.45, 7) is 0.831. The van der Waals surface area contributed by atoms with E-state index in [4.69, 9.17) is 0 Å². The van der Waals surface area contributed by atoms with Gasteiger partial charge in [0.15, 0.2) is 0 Å². The number of ether oxygens (including phenoxy) is 2. The topological polar surface area (TPSA) is 78.9 Å². The van der Waals surface area contributed by atoms with Crippen LogP contribution in [0.4, 0.5) is 9.50 Å². The maximum absolute atomic E-state index is 9.80. The molecule has 2 heterocycles. The summed E-state index contributed by atoms with van der Waals surface area (Å²) < 4.78 is 16.8. The molecule has 1 aliphatic rings. The van der Waals surface area contributed by atoms with Crippen LogP contribution in [0.1, 0.15) is 0 Å². The summed E-state index contributed by atoms with van der Waals surface area (Å²) in [5, 5.41) is 0. The molecule has 2 rings (SSSR count). The highest BCUT2D eigenvalue weighted by Crippen LogP contribution is 1.92. The van der Waals surface area contributed by atoms with Crippen molar-refractivity contribution in [1.82, 2.24) is 0 Å². The minimum atomic E-state index is -0.657. The Labute approximate surface area is 71.4 Å². The SMILES string of the molecule is F.O=C1OCCO1.O=c1occo1. The minimum Gasteiger partial charge on any atom is -0.431 e. The first-order valence-corrected chi connectivity index (χ1v) is 3.11. The predicted molar refractivity (Wildman–Crippen MR) is 37.0 cm³/mol. The fraction of sp³-hybridized carbons (Fsp3) is 0.333. The predicted octanol–water partition coefficient (Wildman–Crippen LogP) is 0.538. The Hall–Kier alpha value is -1.79. The molecule has 13 heavy (non-hydrogen) atoms. The minimum absolute atomic E-state index is 0. The van der Waals surface area contributed by atoms with Gasteiger partial charge in [-0.2, -0.15) is 0 Å². The molecule has 0 atom stereocenters. The van der Waals surface area contributed by atoms with Crippen LogP contribution in [0, 0.1) is 0 Å². The standard InChI is InChI=1S/C3H4O3.C3H2O3.FH/c2*4-3-5-1-2-6-3;/h1-2H2;1-2H;1H. The number of halogens is 1. The first kappa shape index (κ1) is 11.2. The van der Waals surface area contributed by atoms with E-state index in [1.165, 1.54) is 12.5 Å². The number of hydrogen-bond donors (Lipinski definition) is 0. The molecule has 74 valence electrons. The Kier molecular flexibility index (Phi) is 5.01. The number of rotatable bonds is 0. The van der Waals surface area contributed by atoms with E-state index in [-0.39, 0.29) is 4.70 Å². The molecule has 1 saturated heterocycles. The van der Waals surface area contributed by atoms with Gasteiger partial charge in [-0.3, -0.25) is 4.70 Å². The zero-order valence-corrected chi connectivity index (χ0v) is 6.43. The molecule has 0 N–H and O–H groups in total. The van der Waals surface area contributed by atoms with E-state index in [1.807, 2.05) is 0 Å². The van der Waals surface area contributed by atoms with Crippen LogP contribution in [0.15, 0.2) is 26.2 Å². The van der Waals surface area contributed by atoms with Gasteiger partial charge in [0.25, 0.3) is 0 Å². The second-order valence-corrected chi connectivity index (χ2v) is 1.70. The molecule has 7 heteroatoms. The van der Waals surface area contributed by atoms with Crippen molar-refractivity contribution in [3.05, 3.63) is 23.1 Å². The van der Waals surface area contributed by atoms with Gasteiger partial charge in [0, 0.05) is 0 Å². The van der Waals surface area contributed by atoms with Crippen molar-refractivity contribution in [1.29, 1.82) is 0 Å². The van der Waals surface area contributed by atoms with E-state index in [0.29, 0.717) is 13.2 Å². The van der Waals surface area contributed by atoms with Crippen molar-refractivity contribution in [2.24, 2.45) is 0 Å². The fourth-order valence-corrected chi connectivity index (χ4v) is 0.486. The van der Waals surface area contributed by atoms with E-state index >= 15 is 0 Å². The molecule has 6 nitrogen and oxygen atoms in total. The second kappa shape index (κ2) is 5.81. The second-order valence-electron chi connectivity index (χ2n) is 1.70. The summed E-state index contributed by atoms with van der Waals surface area (Å²) in [4.78, 5) is 19.5. The quantitative estimate of drug-likeness (QED) is 0.560. The molecular formula is C6H7FO6. The van der Waals surface area contributed by atoms with Crippen molar-refractivity contribution in [3.8, 4) is 0 Å². The Morgan fingerprint density at radius 1 is 1.00 bits per heavy atom. The summed E-state index contributed by atoms with van der Waals surface area (Å²) in [5.41, 5.74) is 0. The number of hydrogen-bond acceptors (Lipinski definition) is 6. The molecule has 0 spiro atoms. The van der Waals surface area contributed by atoms with E-state index in [9.17, 15) is 9.59 Å². The van der Waals surface area contributed by atoms with Gasteiger partial charge in [0.2, 0.25) is 0 Å². The smallest absolute Gasteiger partial charge is 0.431 e. The lowest BCUT2D eigenvalue weighted by Crippen LogP contribution is -1.88. The van der Waals surface area contributed by atoms with E-state index in [1.54, 1.807) is 0 Å². The summed E-state index contributed by atoms with van der Waals surface area (Å²) in [6.07, 6.45) is 1.82. The average molecular weight is 194 g/mol. The fourth-order valence-electron chi connectivity index (χ4n) is 0.486. The molecule has 0 unspecified atom stereocenters. The van der Waals surface area contributed by atoms with Gasteiger partial charge in [-0.15, -0.1) is 0 Å². The molecule has 1 aromatic rings. The van der Waals surface area contributed by atoms with E-state index in [2.05, 4.69) is 18.3 Å². The average Bonchev–Trinajstić information content (AvgIpc) is 2.63. The van der Waals surface area contributed by atoms with Gasteiger partial charge in [-0.1, -0.05) is 0 Å². The van der Waals surface area contributed by atoms with Gasteiger partial charge < -0.3 is 18.3 Å². The van der Waals surface area contributed by atoms with Crippen molar-refractivity contribution >= 4 is 6.16 Å². The Morgan fingerprint density at radius 2 is 1.46 bits per heavy atom. The lowest BCUT2D eigenvalue weighted by molar-refractivity contribution is 0.131. The Balaban J connectivity index is 0.000000206. The van der Waals surface area contributed by atoms with E-state index in [0.717, 1.165) is 0 Å². The highest BCUT2D eigenvalue weighted by Gasteiger charge is 2.09. The third-order valence-electron chi connectivity index (χ3n) is 0.907. The largest absolute Gasteiger partial charge is 0.518 e. The van der Waals surface area contributed by atoms with Crippen LogP contribution in [0.25, 0.3) is 0 Å². The third-order valence-corrected chi connectivity index (χ3v) is 0.907. The van der Waals surface area contributed by atoms with Gasteiger partial charge in [0.1, 0.15) is 25.7 Å². The molecular weight excluding hydrogens is 187 g/mol. The molecule has 0 saturated carbocycles. The maximum Gasteiger partial charge on any atom is 0.518 e. The number of cyclic esters (lactones) is 2. The lowest BCUT2D eigenvalue weighted by Gasteiger charge is -1.78. The molecule has 0 radical (unpaired) electrons. The van der Waals surface area contributed by atoms with Gasteiger partial charge in [0.05, 0.1) is 0 Å². The summed E-state index contributed by atoms with van der Waals surface area (Å²) in [6, 6.07) is 0. The van der Waals surface area contributed by atoms with E-state index < -0.39 is 12.0 Å². The zero-order chi connectivity index (χ0) is 8.81. The molecule has 0 amide bonds. The van der Waals surface area contributed by atoms with Crippen molar-refractivity contribution < 1.29 is 27.8 Å². The number of carbonyl (C=O) groups excluding carboxylic acids is 1. The van der Waals surface area contributed by atoms with Crippen LogP contribution >= 0.6 is 0 Å². The Morgan fingerprint density at radius 3 is 1.62 bits per heavy atom. The van der Waals surface area contributed by atoms with Crippen LogP contribution in [0.3, 0.4) is 0 Å². The number of carbonyl (C=O) groups is 1. The van der Waals surface area contributed by atoms with Crippen LogP contribution in [-0.2, 0) is 9.47 Å². The van der Waals surface area contributed by atoms with Gasteiger partial charge in [-0.05, 0) is 0 Å². The molecule has 1 aliphatic heterocycles. The summed E-state index contributed by atoms with van der Waals surface area (Å²) >= 11 is 0. The van der Waals surface area contributed by atoms with Crippen LogP contribution in [0.2, 0.25) is 0 Å². The van der Waals surface area contributed by atoms with Crippen LogP contribution < -0.4 is 5.82 Å². The molecule has 1 fully saturated rings.